The van der Waals surface area contributed by atoms with E-state index in [1.807, 2.05) is 17.9 Å². The topological polar surface area (TPSA) is 52.7 Å². The predicted octanol–water partition coefficient (Wildman–Crippen LogP) is 3.75. The minimum absolute atomic E-state index is 0.0235. The van der Waals surface area contributed by atoms with E-state index in [-0.39, 0.29) is 23.8 Å². The quantitative estimate of drug-likeness (QED) is 0.811. The smallest absolute Gasteiger partial charge is 0.253 e. The van der Waals surface area contributed by atoms with Gasteiger partial charge in [0.1, 0.15) is 0 Å². The lowest BCUT2D eigenvalue weighted by Gasteiger charge is -2.34. The molecule has 3 rings (SSSR count). The van der Waals surface area contributed by atoms with Gasteiger partial charge in [-0.15, -0.1) is 0 Å². The predicted molar refractivity (Wildman–Crippen MR) is 114 cm³/mol. The summed E-state index contributed by atoms with van der Waals surface area (Å²) in [5, 5.41) is 3.24. The van der Waals surface area contributed by atoms with Crippen molar-refractivity contribution in [1.82, 2.24) is 10.2 Å². The third-order valence-electron chi connectivity index (χ3n) is 6.32. The van der Waals surface area contributed by atoms with Gasteiger partial charge in [-0.25, -0.2) is 0 Å². The van der Waals surface area contributed by atoms with Crippen LogP contribution < -0.4 is 10.2 Å². The monoisotopic (exact) mass is 385 g/mol. The summed E-state index contributed by atoms with van der Waals surface area (Å²) >= 11 is 0. The van der Waals surface area contributed by atoms with Crippen molar-refractivity contribution in [1.29, 1.82) is 0 Å². The second-order valence-corrected chi connectivity index (χ2v) is 8.30. The second kappa shape index (κ2) is 9.44. The number of rotatable bonds is 6. The molecule has 2 saturated heterocycles. The average Bonchev–Trinajstić information content (AvgIpc) is 3.24. The third kappa shape index (κ3) is 4.68. The largest absolute Gasteiger partial charge is 0.371 e. The number of hydrogen-bond donors (Lipinski definition) is 1. The fraction of sp³-hybridized carbons (Fsp3) is 0.652. The molecular formula is C23H35N3O2. The number of nitrogens with one attached hydrogen (secondary N) is 1. The highest BCUT2D eigenvalue weighted by Crippen LogP contribution is 2.26. The number of likely N-dealkylation sites (tertiary alicyclic amines) is 1. The van der Waals surface area contributed by atoms with E-state index in [1.54, 1.807) is 0 Å². The van der Waals surface area contributed by atoms with E-state index < -0.39 is 0 Å². The van der Waals surface area contributed by atoms with Gasteiger partial charge in [-0.2, -0.15) is 0 Å². The number of carbonyl (C=O) groups is 2. The minimum Gasteiger partial charge on any atom is -0.371 e. The first kappa shape index (κ1) is 20.7. The molecule has 5 nitrogen and oxygen atoms in total. The van der Waals surface area contributed by atoms with Crippen LogP contribution in [0.5, 0.6) is 0 Å². The first-order valence-corrected chi connectivity index (χ1v) is 11.0. The summed E-state index contributed by atoms with van der Waals surface area (Å²) < 4.78 is 0. The normalized spacial score (nSPS) is 18.0. The van der Waals surface area contributed by atoms with Gasteiger partial charge in [-0.1, -0.05) is 25.5 Å². The Morgan fingerprint density at radius 3 is 2.32 bits per heavy atom. The van der Waals surface area contributed by atoms with Crippen molar-refractivity contribution >= 4 is 17.5 Å². The molecule has 0 bridgehead atoms. The van der Waals surface area contributed by atoms with Gasteiger partial charge in [0, 0.05) is 43.8 Å². The van der Waals surface area contributed by atoms with Crippen molar-refractivity contribution in [3.8, 4) is 0 Å². The Kier molecular flexibility index (Phi) is 6.97. The highest BCUT2D eigenvalue weighted by molar-refractivity contribution is 6.00. The number of aryl methyl sites for hydroxylation is 1. The first-order valence-electron chi connectivity index (χ1n) is 11.0. The first-order chi connectivity index (χ1) is 13.5. The van der Waals surface area contributed by atoms with Gasteiger partial charge < -0.3 is 15.1 Å². The van der Waals surface area contributed by atoms with Crippen LogP contribution in [0.4, 0.5) is 5.69 Å². The molecule has 0 aliphatic carbocycles. The Hall–Kier alpha value is -2.04. The number of benzene rings is 1. The standard InChI is InChI=1S/C23H35N3O2/c1-4-18(5-2)23(28)26-14-10-19(11-15-26)24-22(27)20-16-17(3)8-9-21(20)25-12-6-7-13-25/h8-9,16,18-19H,4-7,10-15H2,1-3H3,(H,24,27). The van der Waals surface area contributed by atoms with Crippen LogP contribution in [0, 0.1) is 12.8 Å². The van der Waals surface area contributed by atoms with Crippen molar-refractivity contribution in [3.05, 3.63) is 29.3 Å². The molecule has 2 aliphatic rings. The summed E-state index contributed by atoms with van der Waals surface area (Å²) in [6, 6.07) is 6.33. The van der Waals surface area contributed by atoms with Gasteiger partial charge in [-0.3, -0.25) is 9.59 Å². The molecule has 2 aliphatic heterocycles. The molecular weight excluding hydrogens is 350 g/mol. The molecule has 0 radical (unpaired) electrons. The summed E-state index contributed by atoms with van der Waals surface area (Å²) in [7, 11) is 0. The summed E-state index contributed by atoms with van der Waals surface area (Å²) in [6.45, 7) is 9.74. The number of piperidine rings is 1. The fourth-order valence-corrected chi connectivity index (χ4v) is 4.47. The van der Waals surface area contributed by atoms with Gasteiger partial charge in [0.15, 0.2) is 0 Å². The lowest BCUT2D eigenvalue weighted by atomic mass is 9.98. The van der Waals surface area contributed by atoms with Crippen LogP contribution in [-0.4, -0.2) is 48.9 Å². The van der Waals surface area contributed by atoms with Crippen LogP contribution in [-0.2, 0) is 4.79 Å². The van der Waals surface area contributed by atoms with E-state index in [0.29, 0.717) is 0 Å². The van der Waals surface area contributed by atoms with E-state index in [1.165, 1.54) is 12.8 Å². The fourth-order valence-electron chi connectivity index (χ4n) is 4.47. The molecule has 2 heterocycles. The number of hydrogen-bond acceptors (Lipinski definition) is 3. The lowest BCUT2D eigenvalue weighted by molar-refractivity contribution is -0.136. The van der Waals surface area contributed by atoms with Gasteiger partial charge >= 0.3 is 0 Å². The Morgan fingerprint density at radius 2 is 1.71 bits per heavy atom. The van der Waals surface area contributed by atoms with Crippen LogP contribution in [0.25, 0.3) is 0 Å². The summed E-state index contributed by atoms with van der Waals surface area (Å²) in [4.78, 5) is 29.9. The lowest BCUT2D eigenvalue weighted by Crippen LogP contribution is -2.48. The maximum absolute atomic E-state index is 13.0. The summed E-state index contributed by atoms with van der Waals surface area (Å²) in [6.07, 6.45) is 5.86. The maximum atomic E-state index is 13.0. The van der Waals surface area contributed by atoms with Crippen LogP contribution in [0.15, 0.2) is 18.2 Å². The highest BCUT2D eigenvalue weighted by atomic mass is 16.2. The molecule has 0 aromatic heterocycles. The zero-order valence-corrected chi connectivity index (χ0v) is 17.7. The Balaban J connectivity index is 1.61. The van der Waals surface area contributed by atoms with E-state index in [9.17, 15) is 9.59 Å². The maximum Gasteiger partial charge on any atom is 0.253 e. The van der Waals surface area contributed by atoms with Gasteiger partial charge in [-0.05, 0) is 57.6 Å². The van der Waals surface area contributed by atoms with Crippen molar-refractivity contribution in [3.63, 3.8) is 0 Å². The van der Waals surface area contributed by atoms with Gasteiger partial charge in [0.05, 0.1) is 5.56 Å². The van der Waals surface area contributed by atoms with Crippen molar-refractivity contribution < 1.29 is 9.59 Å². The number of anilines is 1. The molecule has 28 heavy (non-hydrogen) atoms. The summed E-state index contributed by atoms with van der Waals surface area (Å²) in [5.41, 5.74) is 2.96. The molecule has 2 amide bonds. The molecule has 0 spiro atoms. The van der Waals surface area contributed by atoms with Crippen LogP contribution in [0.3, 0.4) is 0 Å². The molecule has 0 saturated carbocycles. The molecule has 0 unspecified atom stereocenters. The third-order valence-corrected chi connectivity index (χ3v) is 6.32. The van der Waals surface area contributed by atoms with E-state index in [2.05, 4.69) is 36.2 Å². The number of amides is 2. The molecule has 154 valence electrons. The van der Waals surface area contributed by atoms with Crippen molar-refractivity contribution in [2.24, 2.45) is 5.92 Å². The van der Waals surface area contributed by atoms with Crippen LogP contribution >= 0.6 is 0 Å². The van der Waals surface area contributed by atoms with E-state index >= 15 is 0 Å². The van der Waals surface area contributed by atoms with E-state index in [4.69, 9.17) is 0 Å². The molecule has 0 atom stereocenters. The highest BCUT2D eigenvalue weighted by Gasteiger charge is 2.28. The van der Waals surface area contributed by atoms with Crippen molar-refractivity contribution in [2.75, 3.05) is 31.1 Å². The average molecular weight is 386 g/mol. The molecule has 1 aromatic rings. The molecule has 1 N–H and O–H groups in total. The zero-order valence-electron chi connectivity index (χ0n) is 17.7. The van der Waals surface area contributed by atoms with Crippen LogP contribution in [0.2, 0.25) is 0 Å². The molecule has 5 heteroatoms. The SMILES string of the molecule is CCC(CC)C(=O)N1CCC(NC(=O)c2cc(C)ccc2N2CCCC2)CC1. The van der Waals surface area contributed by atoms with Crippen molar-refractivity contribution in [2.45, 2.75) is 65.3 Å². The Labute approximate surface area is 169 Å². The Morgan fingerprint density at radius 1 is 1.07 bits per heavy atom. The Bertz CT molecular complexity index is 685. The zero-order chi connectivity index (χ0) is 20.1. The minimum atomic E-state index is 0.0235. The second-order valence-electron chi connectivity index (χ2n) is 8.30. The van der Waals surface area contributed by atoms with Gasteiger partial charge in [0.25, 0.3) is 5.91 Å². The van der Waals surface area contributed by atoms with Crippen LogP contribution in [0.1, 0.15) is 68.3 Å². The van der Waals surface area contributed by atoms with Gasteiger partial charge in [0.2, 0.25) is 5.91 Å². The number of nitrogens with zero attached hydrogens (tertiary/aromatic N) is 2. The number of carbonyl (C=O) groups excluding carboxylic acids is 2. The van der Waals surface area contributed by atoms with E-state index in [0.717, 1.165) is 68.7 Å². The molecule has 2 fully saturated rings. The summed E-state index contributed by atoms with van der Waals surface area (Å²) in [5.74, 6) is 0.446. The molecule has 1 aromatic carbocycles.